The highest BCUT2D eigenvalue weighted by molar-refractivity contribution is 7.71. The Morgan fingerprint density at radius 3 is 3.00 bits per heavy atom. The number of hydrogen-bond acceptors (Lipinski definition) is 6. The summed E-state index contributed by atoms with van der Waals surface area (Å²) < 4.78 is 9.37. The Bertz CT molecular complexity index is 745. The van der Waals surface area contributed by atoms with Gasteiger partial charge in [0.15, 0.2) is 10.4 Å². The summed E-state index contributed by atoms with van der Waals surface area (Å²) in [6, 6.07) is 0. The largest absolute Gasteiger partial charge is 0.479 e. The van der Waals surface area contributed by atoms with Crippen molar-refractivity contribution < 1.29 is 4.74 Å². The molecule has 0 saturated carbocycles. The van der Waals surface area contributed by atoms with Gasteiger partial charge < -0.3 is 9.72 Å². The molecule has 0 saturated heterocycles. The average Bonchev–Trinajstić information content (AvgIpc) is 3.03. The molecule has 3 heterocycles. The third-order valence-electron chi connectivity index (χ3n) is 2.74. The van der Waals surface area contributed by atoms with E-state index in [0.717, 1.165) is 5.65 Å². The molecule has 0 bridgehead atoms. The molecule has 0 spiro atoms. The molecule has 0 aliphatic rings. The Balaban J connectivity index is 1.99. The van der Waals surface area contributed by atoms with Crippen molar-refractivity contribution in [1.82, 2.24) is 34.5 Å². The first-order chi connectivity index (χ1) is 9.29. The Kier molecular flexibility index (Phi) is 2.95. The van der Waals surface area contributed by atoms with Crippen LogP contribution >= 0.6 is 12.2 Å². The van der Waals surface area contributed by atoms with E-state index in [1.807, 2.05) is 4.57 Å². The summed E-state index contributed by atoms with van der Waals surface area (Å²) in [6.07, 6.45) is 4.89. The normalized spacial score (nSPS) is 11.0. The van der Waals surface area contributed by atoms with Crippen LogP contribution in [0.1, 0.15) is 0 Å². The number of aromatic amines is 1. The maximum absolute atomic E-state index is 5.29. The third-order valence-corrected chi connectivity index (χ3v) is 3.07. The molecule has 0 radical (unpaired) electrons. The molecule has 3 rings (SSSR count). The summed E-state index contributed by atoms with van der Waals surface area (Å²) in [7, 11) is 1.56. The maximum Gasteiger partial charge on any atom is 0.242 e. The SMILES string of the molecule is COc1ncnc2c1[nH]c(=S)n2CCn1ccnn1. The standard InChI is InChI=1S/C10H11N7OS/c1-18-9-7-8(11-6-12-9)17(10(19)14-7)5-4-16-3-2-13-15-16/h2-3,6H,4-5H2,1H3,(H,14,19). The maximum atomic E-state index is 5.29. The molecule has 0 fully saturated rings. The molecule has 0 unspecified atom stereocenters. The van der Waals surface area contributed by atoms with Crippen LogP contribution in [0.2, 0.25) is 0 Å². The summed E-state index contributed by atoms with van der Waals surface area (Å²) in [5.41, 5.74) is 1.42. The van der Waals surface area contributed by atoms with Gasteiger partial charge in [0.05, 0.1) is 19.9 Å². The zero-order valence-electron chi connectivity index (χ0n) is 10.1. The van der Waals surface area contributed by atoms with Gasteiger partial charge in [-0.15, -0.1) is 5.10 Å². The van der Waals surface area contributed by atoms with E-state index in [1.165, 1.54) is 6.33 Å². The zero-order chi connectivity index (χ0) is 13.2. The smallest absolute Gasteiger partial charge is 0.242 e. The van der Waals surface area contributed by atoms with Gasteiger partial charge in [0, 0.05) is 12.7 Å². The molecule has 19 heavy (non-hydrogen) atoms. The lowest BCUT2D eigenvalue weighted by Gasteiger charge is -2.04. The van der Waals surface area contributed by atoms with E-state index in [0.29, 0.717) is 29.3 Å². The van der Waals surface area contributed by atoms with Crippen molar-refractivity contribution >= 4 is 23.4 Å². The first-order valence-corrected chi connectivity index (χ1v) is 6.02. The van der Waals surface area contributed by atoms with Crippen LogP contribution in [0.15, 0.2) is 18.7 Å². The molecule has 3 aromatic heterocycles. The molecule has 3 aromatic rings. The van der Waals surface area contributed by atoms with Gasteiger partial charge in [-0.25, -0.2) is 4.98 Å². The second kappa shape index (κ2) is 4.76. The Morgan fingerprint density at radius 2 is 2.26 bits per heavy atom. The van der Waals surface area contributed by atoms with Crippen LogP contribution < -0.4 is 4.74 Å². The fourth-order valence-corrected chi connectivity index (χ4v) is 2.14. The van der Waals surface area contributed by atoms with E-state index in [9.17, 15) is 0 Å². The van der Waals surface area contributed by atoms with E-state index in [4.69, 9.17) is 17.0 Å². The summed E-state index contributed by atoms with van der Waals surface area (Å²) in [5, 5.41) is 7.67. The highest BCUT2D eigenvalue weighted by Gasteiger charge is 2.11. The van der Waals surface area contributed by atoms with E-state index in [1.54, 1.807) is 24.2 Å². The number of aryl methyl sites for hydroxylation is 2. The van der Waals surface area contributed by atoms with Crippen LogP contribution in [-0.2, 0) is 13.1 Å². The van der Waals surface area contributed by atoms with Crippen molar-refractivity contribution in [2.45, 2.75) is 13.1 Å². The fourth-order valence-electron chi connectivity index (χ4n) is 1.86. The third kappa shape index (κ3) is 2.08. The summed E-state index contributed by atoms with van der Waals surface area (Å²) in [6.45, 7) is 1.30. The molecule has 0 aliphatic carbocycles. The molecule has 8 nitrogen and oxygen atoms in total. The molecular weight excluding hydrogens is 266 g/mol. The van der Waals surface area contributed by atoms with Crippen LogP contribution in [-0.4, -0.2) is 41.6 Å². The molecule has 98 valence electrons. The fraction of sp³-hybridized carbons (Fsp3) is 0.300. The number of nitrogens with one attached hydrogen (secondary N) is 1. The minimum Gasteiger partial charge on any atom is -0.479 e. The Morgan fingerprint density at radius 1 is 1.37 bits per heavy atom. The summed E-state index contributed by atoms with van der Waals surface area (Å²) in [5.74, 6) is 0.482. The molecular formula is C10H11N7OS. The van der Waals surface area contributed by atoms with Gasteiger partial charge in [-0.1, -0.05) is 5.21 Å². The van der Waals surface area contributed by atoms with Crippen molar-refractivity contribution in [3.8, 4) is 5.88 Å². The average molecular weight is 277 g/mol. The second-order valence-corrected chi connectivity index (χ2v) is 4.22. The van der Waals surface area contributed by atoms with Gasteiger partial charge >= 0.3 is 0 Å². The topological polar surface area (TPSA) is 86.4 Å². The quantitative estimate of drug-likeness (QED) is 0.709. The lowest BCUT2D eigenvalue weighted by molar-refractivity contribution is 0.401. The van der Waals surface area contributed by atoms with Crippen molar-refractivity contribution in [2.24, 2.45) is 0 Å². The number of aromatic nitrogens is 7. The van der Waals surface area contributed by atoms with Gasteiger partial charge in [-0.3, -0.25) is 9.25 Å². The van der Waals surface area contributed by atoms with E-state index >= 15 is 0 Å². The molecule has 0 aliphatic heterocycles. The predicted octanol–water partition coefficient (Wildman–Crippen LogP) is 0.789. The lowest BCUT2D eigenvalue weighted by atomic mass is 10.5. The minimum absolute atomic E-state index is 0.482. The van der Waals surface area contributed by atoms with Gasteiger partial charge in [-0.05, 0) is 12.2 Å². The van der Waals surface area contributed by atoms with Gasteiger partial charge in [0.25, 0.3) is 0 Å². The predicted molar refractivity (Wildman–Crippen MR) is 69.3 cm³/mol. The van der Waals surface area contributed by atoms with Crippen LogP contribution in [0, 0.1) is 4.77 Å². The van der Waals surface area contributed by atoms with Crippen molar-refractivity contribution in [1.29, 1.82) is 0 Å². The Hall–Kier alpha value is -2.29. The highest BCUT2D eigenvalue weighted by atomic mass is 32.1. The number of hydrogen-bond donors (Lipinski definition) is 1. The molecule has 0 atom stereocenters. The number of fused-ring (bicyclic) bond motifs is 1. The van der Waals surface area contributed by atoms with Gasteiger partial charge in [-0.2, -0.15) is 4.98 Å². The monoisotopic (exact) mass is 277 g/mol. The number of imidazole rings is 1. The summed E-state index contributed by atoms with van der Waals surface area (Å²) in [4.78, 5) is 11.3. The van der Waals surface area contributed by atoms with Crippen LogP contribution in [0.4, 0.5) is 0 Å². The number of nitrogens with zero attached hydrogens (tertiary/aromatic N) is 6. The number of rotatable bonds is 4. The van der Waals surface area contributed by atoms with Crippen molar-refractivity contribution in [3.63, 3.8) is 0 Å². The molecule has 0 amide bonds. The van der Waals surface area contributed by atoms with Gasteiger partial charge in [0.1, 0.15) is 11.8 Å². The Labute approximate surface area is 113 Å². The van der Waals surface area contributed by atoms with E-state index in [2.05, 4.69) is 25.3 Å². The minimum atomic E-state index is 0.482. The van der Waals surface area contributed by atoms with Crippen molar-refractivity contribution in [2.75, 3.05) is 7.11 Å². The van der Waals surface area contributed by atoms with E-state index < -0.39 is 0 Å². The first-order valence-electron chi connectivity index (χ1n) is 5.61. The number of H-pyrrole nitrogens is 1. The number of ether oxygens (including phenoxy) is 1. The molecule has 9 heteroatoms. The van der Waals surface area contributed by atoms with Crippen molar-refractivity contribution in [3.05, 3.63) is 23.5 Å². The highest BCUT2D eigenvalue weighted by Crippen LogP contribution is 2.19. The van der Waals surface area contributed by atoms with Crippen LogP contribution in [0.3, 0.4) is 0 Å². The first kappa shape index (κ1) is 11.8. The van der Waals surface area contributed by atoms with E-state index in [-0.39, 0.29) is 0 Å². The van der Waals surface area contributed by atoms with Crippen LogP contribution in [0.25, 0.3) is 11.2 Å². The molecule has 0 aromatic carbocycles. The summed E-state index contributed by atoms with van der Waals surface area (Å²) >= 11 is 5.29. The van der Waals surface area contributed by atoms with Crippen LogP contribution in [0.5, 0.6) is 5.88 Å². The number of methoxy groups -OCH3 is 1. The second-order valence-electron chi connectivity index (χ2n) is 3.83. The van der Waals surface area contributed by atoms with Gasteiger partial charge in [0.2, 0.25) is 5.88 Å². The lowest BCUT2D eigenvalue weighted by Crippen LogP contribution is -2.08. The zero-order valence-corrected chi connectivity index (χ0v) is 11.0. The molecule has 1 N–H and O–H groups in total.